The first-order valence-electron chi connectivity index (χ1n) is 5.44. The highest BCUT2D eigenvalue weighted by Gasteiger charge is 2.13. The van der Waals surface area contributed by atoms with E-state index < -0.39 is 4.92 Å². The van der Waals surface area contributed by atoms with Gasteiger partial charge < -0.3 is 0 Å². The number of rotatable bonds is 4. The Morgan fingerprint density at radius 3 is 2.84 bits per heavy atom. The monoisotopic (exact) mass is 276 g/mol. The van der Waals surface area contributed by atoms with E-state index in [1.807, 2.05) is 0 Å². The first-order valence-corrected chi connectivity index (χ1v) is 5.82. The number of nitrogens with zero attached hydrogens (tertiary/aromatic N) is 2. The molecule has 0 saturated heterocycles. The van der Waals surface area contributed by atoms with Crippen LogP contribution in [0.15, 0.2) is 42.7 Å². The number of hydrogen-bond acceptors (Lipinski definition) is 4. The van der Waals surface area contributed by atoms with E-state index >= 15 is 0 Å². The molecule has 2 rings (SSSR count). The average molecular weight is 277 g/mol. The zero-order chi connectivity index (χ0) is 13.8. The minimum atomic E-state index is -0.532. The van der Waals surface area contributed by atoms with Gasteiger partial charge in [-0.1, -0.05) is 23.7 Å². The fourth-order valence-corrected chi connectivity index (χ4v) is 1.80. The molecule has 5 nitrogen and oxygen atoms in total. The first kappa shape index (κ1) is 13.2. The lowest BCUT2D eigenvalue weighted by atomic mass is 10.0. The van der Waals surface area contributed by atoms with Gasteiger partial charge in [-0.2, -0.15) is 0 Å². The van der Waals surface area contributed by atoms with Gasteiger partial charge in [-0.05, 0) is 11.6 Å². The summed E-state index contributed by atoms with van der Waals surface area (Å²) in [6.45, 7) is 0. The van der Waals surface area contributed by atoms with Gasteiger partial charge in [0.1, 0.15) is 0 Å². The second-order valence-electron chi connectivity index (χ2n) is 3.87. The van der Waals surface area contributed by atoms with Gasteiger partial charge in [0.2, 0.25) is 0 Å². The molecule has 6 heteroatoms. The normalized spacial score (nSPS) is 10.2. The van der Waals surface area contributed by atoms with E-state index in [0.717, 1.165) is 0 Å². The molecule has 0 amide bonds. The molecular formula is C13H9ClN2O3. The van der Waals surface area contributed by atoms with Crippen LogP contribution in [0.5, 0.6) is 0 Å². The lowest BCUT2D eigenvalue weighted by Crippen LogP contribution is -2.04. The Morgan fingerprint density at radius 1 is 1.37 bits per heavy atom. The number of halogens is 1. The van der Waals surface area contributed by atoms with Crippen molar-refractivity contribution in [1.29, 1.82) is 0 Å². The molecule has 0 atom stereocenters. The van der Waals surface area contributed by atoms with Crippen molar-refractivity contribution in [3.05, 3.63) is 69.0 Å². The molecule has 0 N–H and O–H groups in total. The van der Waals surface area contributed by atoms with E-state index in [4.69, 9.17) is 11.6 Å². The number of non-ortho nitro benzene ring substituents is 1. The van der Waals surface area contributed by atoms with Crippen molar-refractivity contribution in [3.63, 3.8) is 0 Å². The Morgan fingerprint density at radius 2 is 2.16 bits per heavy atom. The predicted octanol–water partition coefficient (Wildman–Crippen LogP) is 3.07. The van der Waals surface area contributed by atoms with E-state index in [2.05, 4.69) is 4.98 Å². The highest BCUT2D eigenvalue weighted by molar-refractivity contribution is 6.31. The highest BCUT2D eigenvalue weighted by Crippen LogP contribution is 2.18. The number of pyridine rings is 1. The molecule has 1 aromatic carbocycles. The summed E-state index contributed by atoms with van der Waals surface area (Å²) in [5.41, 5.74) is 0.835. The van der Waals surface area contributed by atoms with Gasteiger partial charge in [0.05, 0.1) is 9.95 Å². The Bertz CT molecular complexity index is 643. The third-order valence-electron chi connectivity index (χ3n) is 2.59. The molecule has 0 aliphatic rings. The largest absolute Gasteiger partial charge is 0.294 e. The van der Waals surface area contributed by atoms with Crippen molar-refractivity contribution in [2.24, 2.45) is 0 Å². The van der Waals surface area contributed by atoms with Crippen LogP contribution < -0.4 is 0 Å². The van der Waals surface area contributed by atoms with Crippen LogP contribution in [0.3, 0.4) is 0 Å². The van der Waals surface area contributed by atoms with E-state index in [0.29, 0.717) is 16.1 Å². The van der Waals surface area contributed by atoms with Crippen molar-refractivity contribution in [3.8, 4) is 0 Å². The smallest absolute Gasteiger partial charge is 0.270 e. The van der Waals surface area contributed by atoms with Gasteiger partial charge >= 0.3 is 0 Å². The summed E-state index contributed by atoms with van der Waals surface area (Å²) in [4.78, 5) is 26.0. The molecule has 19 heavy (non-hydrogen) atoms. The molecule has 0 unspecified atom stereocenters. The molecule has 96 valence electrons. The predicted molar refractivity (Wildman–Crippen MR) is 70.4 cm³/mol. The van der Waals surface area contributed by atoms with E-state index in [1.54, 1.807) is 18.3 Å². The maximum Gasteiger partial charge on any atom is 0.270 e. The molecule has 2 aromatic rings. The van der Waals surface area contributed by atoms with Crippen molar-refractivity contribution in [2.45, 2.75) is 6.42 Å². The van der Waals surface area contributed by atoms with Gasteiger partial charge in [0.25, 0.3) is 5.69 Å². The van der Waals surface area contributed by atoms with Gasteiger partial charge in [-0.15, -0.1) is 0 Å². The van der Waals surface area contributed by atoms with Crippen LogP contribution in [0.2, 0.25) is 5.02 Å². The number of ketones is 1. The molecule has 0 bridgehead atoms. The van der Waals surface area contributed by atoms with Crippen LogP contribution in [0.1, 0.15) is 15.9 Å². The summed E-state index contributed by atoms with van der Waals surface area (Å²) < 4.78 is 0. The van der Waals surface area contributed by atoms with Crippen LogP contribution >= 0.6 is 11.6 Å². The number of hydrogen-bond donors (Lipinski definition) is 0. The fourth-order valence-electron chi connectivity index (χ4n) is 1.62. The number of benzene rings is 1. The van der Waals surface area contributed by atoms with Crippen LogP contribution in [-0.4, -0.2) is 15.7 Å². The summed E-state index contributed by atoms with van der Waals surface area (Å²) in [5, 5.41) is 11.1. The summed E-state index contributed by atoms with van der Waals surface area (Å²) >= 11 is 5.91. The van der Waals surface area contributed by atoms with Crippen LogP contribution in [-0.2, 0) is 6.42 Å². The Balaban J connectivity index is 2.23. The summed E-state index contributed by atoms with van der Waals surface area (Å²) in [6, 6.07) is 7.29. The lowest BCUT2D eigenvalue weighted by Gasteiger charge is -2.03. The summed E-state index contributed by atoms with van der Waals surface area (Å²) in [6.07, 6.45) is 3.09. The number of nitro benzene ring substituents is 1. The van der Waals surface area contributed by atoms with Gasteiger partial charge in [-0.3, -0.25) is 19.9 Å². The van der Waals surface area contributed by atoms with E-state index in [-0.39, 0.29) is 17.9 Å². The third kappa shape index (κ3) is 3.14. The number of Topliss-reactive ketones (excluding diaryl/α,β-unsaturated/α-hetero) is 1. The molecule has 0 radical (unpaired) electrons. The maximum atomic E-state index is 12.0. The number of carbonyl (C=O) groups excluding carboxylic acids is 1. The molecule has 1 aromatic heterocycles. The number of nitro groups is 1. The molecule has 0 fully saturated rings. The van der Waals surface area contributed by atoms with Crippen molar-refractivity contribution < 1.29 is 9.72 Å². The molecule has 1 heterocycles. The summed E-state index contributed by atoms with van der Waals surface area (Å²) in [7, 11) is 0. The Labute approximate surface area is 114 Å². The van der Waals surface area contributed by atoms with E-state index in [1.165, 1.54) is 24.4 Å². The zero-order valence-electron chi connectivity index (χ0n) is 9.75. The average Bonchev–Trinajstić information content (AvgIpc) is 2.41. The second kappa shape index (κ2) is 5.58. The molecule has 0 saturated carbocycles. The minimum Gasteiger partial charge on any atom is -0.294 e. The minimum absolute atomic E-state index is 0.0858. The Hall–Kier alpha value is -2.27. The summed E-state index contributed by atoms with van der Waals surface area (Å²) in [5.74, 6) is -0.225. The molecule has 0 spiro atoms. The lowest BCUT2D eigenvalue weighted by molar-refractivity contribution is -0.384. The Kier molecular flexibility index (Phi) is 3.87. The van der Waals surface area contributed by atoms with Gasteiger partial charge in [0.15, 0.2) is 5.78 Å². The van der Waals surface area contributed by atoms with Crippen molar-refractivity contribution in [2.75, 3.05) is 0 Å². The van der Waals surface area contributed by atoms with Gasteiger partial charge in [0, 0.05) is 36.5 Å². The van der Waals surface area contributed by atoms with Crippen LogP contribution in [0, 0.1) is 10.1 Å². The SMILES string of the molecule is O=C(Cc1ccncc1Cl)c1cccc([N+](=O)[O-])c1. The second-order valence-corrected chi connectivity index (χ2v) is 4.28. The van der Waals surface area contributed by atoms with Gasteiger partial charge in [-0.25, -0.2) is 0 Å². The fraction of sp³-hybridized carbons (Fsp3) is 0.0769. The zero-order valence-corrected chi connectivity index (χ0v) is 10.5. The molecule has 0 aliphatic heterocycles. The van der Waals surface area contributed by atoms with E-state index in [9.17, 15) is 14.9 Å². The molecule has 0 aliphatic carbocycles. The van der Waals surface area contributed by atoms with Crippen LogP contribution in [0.4, 0.5) is 5.69 Å². The maximum absolute atomic E-state index is 12.0. The standard InChI is InChI=1S/C13H9ClN2O3/c14-12-8-15-5-4-9(12)7-13(17)10-2-1-3-11(6-10)16(18)19/h1-6,8H,7H2. The topological polar surface area (TPSA) is 73.1 Å². The first-order chi connectivity index (χ1) is 9.08. The third-order valence-corrected chi connectivity index (χ3v) is 2.93. The molecular weight excluding hydrogens is 268 g/mol. The number of aromatic nitrogens is 1. The highest BCUT2D eigenvalue weighted by atomic mass is 35.5. The van der Waals surface area contributed by atoms with Crippen LogP contribution in [0.25, 0.3) is 0 Å². The number of carbonyl (C=O) groups is 1. The van der Waals surface area contributed by atoms with Crippen molar-refractivity contribution >= 4 is 23.1 Å². The van der Waals surface area contributed by atoms with Crippen molar-refractivity contribution in [1.82, 2.24) is 4.98 Å². The quantitative estimate of drug-likeness (QED) is 0.489.